The second kappa shape index (κ2) is 7.36. The van der Waals surface area contributed by atoms with E-state index >= 15 is 0 Å². The molecule has 0 bridgehead atoms. The fraction of sp³-hybridized carbons (Fsp3) is 0.421. The molecule has 1 aliphatic carbocycles. The van der Waals surface area contributed by atoms with Gasteiger partial charge in [0, 0.05) is 25.8 Å². The van der Waals surface area contributed by atoms with Crippen LogP contribution in [0.15, 0.2) is 41.4 Å². The molecule has 1 unspecified atom stereocenters. The predicted octanol–water partition coefficient (Wildman–Crippen LogP) is 2.12. The molecule has 1 saturated carbocycles. The Morgan fingerprint density at radius 1 is 1.33 bits per heavy atom. The van der Waals surface area contributed by atoms with Crippen molar-refractivity contribution in [3.8, 4) is 5.75 Å². The fourth-order valence-corrected chi connectivity index (χ4v) is 4.98. The highest BCUT2D eigenvalue weighted by Crippen LogP contribution is 2.38. The van der Waals surface area contributed by atoms with Gasteiger partial charge in [-0.05, 0) is 49.4 Å². The van der Waals surface area contributed by atoms with Crippen LogP contribution in [0.4, 0.5) is 0 Å². The number of amides is 1. The monoisotopic (exact) mass is 391 g/mol. The first-order chi connectivity index (χ1) is 12.7. The number of nitrogens with zero attached hydrogens (tertiary/aromatic N) is 2. The van der Waals surface area contributed by atoms with Crippen LogP contribution in [0.3, 0.4) is 0 Å². The summed E-state index contributed by atoms with van der Waals surface area (Å²) >= 11 is 0. The Morgan fingerprint density at radius 2 is 1.96 bits per heavy atom. The highest BCUT2D eigenvalue weighted by molar-refractivity contribution is 7.89. The van der Waals surface area contributed by atoms with Gasteiger partial charge in [0.2, 0.25) is 10.0 Å². The van der Waals surface area contributed by atoms with Gasteiger partial charge in [0.15, 0.2) is 0 Å². The maximum absolute atomic E-state index is 13.4. The molecule has 1 aromatic heterocycles. The molecule has 1 fully saturated rings. The molecule has 1 aliphatic rings. The molecule has 27 heavy (non-hydrogen) atoms. The second-order valence-electron chi connectivity index (χ2n) is 7.01. The molecular weight excluding hydrogens is 366 g/mol. The minimum atomic E-state index is -3.78. The zero-order valence-electron chi connectivity index (χ0n) is 15.8. The molecule has 2 N–H and O–H groups in total. The molecule has 0 aliphatic heterocycles. The van der Waals surface area contributed by atoms with Crippen molar-refractivity contribution in [1.29, 1.82) is 0 Å². The third-order valence-electron chi connectivity index (χ3n) is 5.09. The van der Waals surface area contributed by atoms with E-state index in [9.17, 15) is 13.2 Å². The van der Waals surface area contributed by atoms with Gasteiger partial charge < -0.3 is 15.0 Å². The Hall–Kier alpha value is -2.32. The Labute approximate surface area is 159 Å². The number of benzene rings is 1. The normalized spacial score (nSPS) is 15.7. The van der Waals surface area contributed by atoms with Crippen molar-refractivity contribution in [2.24, 2.45) is 18.7 Å². The third-order valence-corrected chi connectivity index (χ3v) is 6.99. The summed E-state index contributed by atoms with van der Waals surface area (Å²) in [5, 5.41) is 0. The Bertz CT molecular complexity index is 930. The molecule has 8 heteroatoms. The van der Waals surface area contributed by atoms with Crippen LogP contribution in [-0.2, 0) is 23.6 Å². The third kappa shape index (κ3) is 4.01. The van der Waals surface area contributed by atoms with Crippen molar-refractivity contribution in [3.05, 3.63) is 47.8 Å². The lowest BCUT2D eigenvalue weighted by atomic mass is 10.1. The molecule has 1 aromatic carbocycles. The Balaban J connectivity index is 1.95. The zero-order valence-corrected chi connectivity index (χ0v) is 16.6. The van der Waals surface area contributed by atoms with E-state index in [0.717, 1.165) is 24.2 Å². The van der Waals surface area contributed by atoms with Crippen LogP contribution < -0.4 is 10.5 Å². The number of methoxy groups -OCH3 is 1. The SMILES string of the molecule is COc1ccc(CN(C(C)C2CC2)S(=O)(=O)c2cc(C(N)=O)n(C)c2)cc1. The summed E-state index contributed by atoms with van der Waals surface area (Å²) in [5.41, 5.74) is 6.37. The van der Waals surface area contributed by atoms with E-state index in [2.05, 4.69) is 0 Å². The molecule has 7 nitrogen and oxygen atoms in total. The number of nitrogens with two attached hydrogens (primary N) is 1. The van der Waals surface area contributed by atoms with Gasteiger partial charge in [-0.3, -0.25) is 4.79 Å². The molecule has 1 atom stereocenters. The van der Waals surface area contributed by atoms with E-state index in [0.29, 0.717) is 5.92 Å². The minimum absolute atomic E-state index is 0.0832. The number of sulfonamides is 1. The van der Waals surface area contributed by atoms with Crippen LogP contribution in [0.1, 0.15) is 35.8 Å². The van der Waals surface area contributed by atoms with Crippen molar-refractivity contribution >= 4 is 15.9 Å². The number of hydrogen-bond acceptors (Lipinski definition) is 4. The first kappa shape index (κ1) is 19.4. The van der Waals surface area contributed by atoms with Crippen LogP contribution >= 0.6 is 0 Å². The van der Waals surface area contributed by atoms with Crippen molar-refractivity contribution in [3.63, 3.8) is 0 Å². The van der Waals surface area contributed by atoms with Gasteiger partial charge in [0.25, 0.3) is 5.91 Å². The molecule has 0 radical (unpaired) electrons. The van der Waals surface area contributed by atoms with Gasteiger partial charge in [0.1, 0.15) is 16.3 Å². The fourth-order valence-electron chi connectivity index (χ4n) is 3.23. The van der Waals surface area contributed by atoms with Gasteiger partial charge in [-0.25, -0.2) is 8.42 Å². The molecule has 0 saturated heterocycles. The van der Waals surface area contributed by atoms with E-state index < -0.39 is 15.9 Å². The summed E-state index contributed by atoms with van der Waals surface area (Å²) in [6.07, 6.45) is 3.49. The van der Waals surface area contributed by atoms with E-state index in [1.165, 1.54) is 21.1 Å². The molecule has 1 amide bonds. The number of primary amides is 1. The quantitative estimate of drug-likeness (QED) is 0.746. The summed E-state index contributed by atoms with van der Waals surface area (Å²) in [4.78, 5) is 11.6. The predicted molar refractivity (Wildman–Crippen MR) is 102 cm³/mol. The summed E-state index contributed by atoms with van der Waals surface area (Å²) in [6, 6.07) is 8.57. The van der Waals surface area contributed by atoms with Crippen molar-refractivity contribution < 1.29 is 17.9 Å². The van der Waals surface area contributed by atoms with Crippen molar-refractivity contribution in [2.45, 2.75) is 37.2 Å². The van der Waals surface area contributed by atoms with Gasteiger partial charge in [-0.2, -0.15) is 4.31 Å². The number of ether oxygens (including phenoxy) is 1. The van der Waals surface area contributed by atoms with Crippen molar-refractivity contribution in [1.82, 2.24) is 8.87 Å². The maximum atomic E-state index is 13.4. The smallest absolute Gasteiger partial charge is 0.265 e. The minimum Gasteiger partial charge on any atom is -0.497 e. The summed E-state index contributed by atoms with van der Waals surface area (Å²) in [6.45, 7) is 2.20. The summed E-state index contributed by atoms with van der Waals surface area (Å²) in [5.74, 6) is 0.422. The van der Waals surface area contributed by atoms with Gasteiger partial charge in [-0.15, -0.1) is 0 Å². The largest absolute Gasteiger partial charge is 0.497 e. The average molecular weight is 391 g/mol. The molecule has 3 rings (SSSR count). The van der Waals surface area contributed by atoms with Crippen LogP contribution in [0, 0.1) is 5.92 Å². The van der Waals surface area contributed by atoms with Gasteiger partial charge >= 0.3 is 0 Å². The lowest BCUT2D eigenvalue weighted by Crippen LogP contribution is -2.39. The highest BCUT2D eigenvalue weighted by atomic mass is 32.2. The highest BCUT2D eigenvalue weighted by Gasteiger charge is 2.39. The summed E-state index contributed by atoms with van der Waals surface area (Å²) in [7, 11) is -0.583. The van der Waals surface area contributed by atoms with Crippen LogP contribution in [0.2, 0.25) is 0 Å². The lowest BCUT2D eigenvalue weighted by Gasteiger charge is -2.28. The van der Waals surface area contributed by atoms with E-state index in [4.69, 9.17) is 10.5 Å². The number of hydrogen-bond donors (Lipinski definition) is 1. The first-order valence-corrected chi connectivity index (χ1v) is 10.3. The molecule has 0 spiro atoms. The second-order valence-corrected chi connectivity index (χ2v) is 8.90. The number of aromatic nitrogens is 1. The summed E-state index contributed by atoms with van der Waals surface area (Å²) < 4.78 is 34.8. The number of carbonyl (C=O) groups excluding carboxylic acids is 1. The molecule has 146 valence electrons. The van der Waals surface area contributed by atoms with Crippen LogP contribution in [0.5, 0.6) is 5.75 Å². The zero-order chi connectivity index (χ0) is 19.8. The number of aryl methyl sites for hydroxylation is 1. The average Bonchev–Trinajstić information content (AvgIpc) is 3.40. The first-order valence-electron chi connectivity index (χ1n) is 8.85. The topological polar surface area (TPSA) is 94.6 Å². The van der Waals surface area contributed by atoms with Crippen molar-refractivity contribution in [2.75, 3.05) is 7.11 Å². The number of carbonyl (C=O) groups is 1. The molecule has 1 heterocycles. The van der Waals surface area contributed by atoms with E-state index in [1.54, 1.807) is 14.2 Å². The van der Waals surface area contributed by atoms with E-state index in [-0.39, 0.29) is 23.2 Å². The standard InChI is InChI=1S/C19H25N3O4S/c1-13(15-6-7-15)22(11-14-4-8-16(26-3)9-5-14)27(24,25)17-10-18(19(20)23)21(2)12-17/h4-5,8-10,12-13,15H,6-7,11H2,1-3H3,(H2,20,23). The van der Waals surface area contributed by atoms with Gasteiger partial charge in [0.05, 0.1) is 7.11 Å². The Kier molecular flexibility index (Phi) is 5.30. The molecular formula is C19H25N3O4S. The Morgan fingerprint density at radius 3 is 2.44 bits per heavy atom. The maximum Gasteiger partial charge on any atom is 0.265 e. The van der Waals surface area contributed by atoms with Crippen LogP contribution in [-0.4, -0.2) is 36.3 Å². The van der Waals surface area contributed by atoms with E-state index in [1.807, 2.05) is 31.2 Å². The van der Waals surface area contributed by atoms with Crippen LogP contribution in [0.25, 0.3) is 0 Å². The van der Waals surface area contributed by atoms with Gasteiger partial charge in [-0.1, -0.05) is 12.1 Å². The number of rotatable bonds is 8. The lowest BCUT2D eigenvalue weighted by molar-refractivity contribution is 0.0992. The molecule has 2 aromatic rings.